The number of aromatic nitrogens is 2. The van der Waals surface area contributed by atoms with Crippen molar-refractivity contribution >= 4 is 22.5 Å². The summed E-state index contributed by atoms with van der Waals surface area (Å²) in [5.41, 5.74) is 0.240. The Hall–Kier alpha value is -4.15. The van der Waals surface area contributed by atoms with Crippen LogP contribution in [-0.2, 0) is 7.05 Å². The minimum atomic E-state index is -0.623. The van der Waals surface area contributed by atoms with Gasteiger partial charge in [0.15, 0.2) is 11.5 Å². The largest absolute Gasteiger partial charge is 0.493 e. The van der Waals surface area contributed by atoms with E-state index in [-0.39, 0.29) is 48.0 Å². The number of methoxy groups -OCH3 is 1. The van der Waals surface area contributed by atoms with E-state index in [0.717, 1.165) is 5.56 Å². The minimum Gasteiger partial charge on any atom is -0.493 e. The number of nitro groups is 1. The Balaban J connectivity index is 1.63. The van der Waals surface area contributed by atoms with E-state index in [1.807, 2.05) is 13.0 Å². The number of hydrogen-bond donors (Lipinski definition) is 0. The molecule has 1 aromatic heterocycles. The van der Waals surface area contributed by atoms with Gasteiger partial charge in [0.25, 0.3) is 17.2 Å². The van der Waals surface area contributed by atoms with Crippen LogP contribution in [0.25, 0.3) is 10.9 Å². The van der Waals surface area contributed by atoms with Crippen LogP contribution >= 0.6 is 0 Å². The fourth-order valence-corrected chi connectivity index (χ4v) is 4.71. The molecule has 0 atom stereocenters. The average Bonchev–Trinajstić information content (AvgIpc) is 2.87. The lowest BCUT2D eigenvalue weighted by Gasteiger charge is -2.32. The van der Waals surface area contributed by atoms with Crippen molar-refractivity contribution in [1.82, 2.24) is 14.0 Å². The molecule has 36 heavy (non-hydrogen) atoms. The molecule has 0 radical (unpaired) electrons. The molecule has 190 valence electrons. The number of rotatable bonds is 6. The van der Waals surface area contributed by atoms with Crippen molar-refractivity contribution in [1.29, 1.82) is 0 Å². The van der Waals surface area contributed by atoms with Crippen LogP contribution in [0.4, 0.5) is 5.69 Å². The highest BCUT2D eigenvalue weighted by atomic mass is 16.6. The summed E-state index contributed by atoms with van der Waals surface area (Å²) in [6.07, 6.45) is 0.723. The molecule has 0 aliphatic carbocycles. The van der Waals surface area contributed by atoms with Crippen molar-refractivity contribution in [2.24, 2.45) is 7.05 Å². The minimum absolute atomic E-state index is 0.104. The Morgan fingerprint density at radius 3 is 2.44 bits per heavy atom. The SMILES string of the molecule is CCOc1cc([N+](=O)[O-])c(C(=O)N2CCC(n3c(=O)c4cc(C)ccc4n(C)c3=O)CC2)cc1OC. The fourth-order valence-electron chi connectivity index (χ4n) is 4.71. The van der Waals surface area contributed by atoms with Crippen LogP contribution in [0.3, 0.4) is 0 Å². The van der Waals surface area contributed by atoms with Crippen LogP contribution in [0.15, 0.2) is 39.9 Å². The fraction of sp³-hybridized carbons (Fsp3) is 0.400. The smallest absolute Gasteiger partial charge is 0.331 e. The van der Waals surface area contributed by atoms with Gasteiger partial charge in [0.05, 0.1) is 35.6 Å². The second-order valence-electron chi connectivity index (χ2n) is 8.77. The van der Waals surface area contributed by atoms with E-state index in [1.165, 1.54) is 33.3 Å². The maximum absolute atomic E-state index is 13.3. The predicted octanol–water partition coefficient (Wildman–Crippen LogP) is 2.80. The molecule has 0 saturated carbocycles. The van der Waals surface area contributed by atoms with E-state index in [1.54, 1.807) is 26.1 Å². The van der Waals surface area contributed by atoms with Gasteiger partial charge in [-0.3, -0.25) is 28.8 Å². The molecular weight excluding hydrogens is 468 g/mol. The first-order valence-corrected chi connectivity index (χ1v) is 11.7. The van der Waals surface area contributed by atoms with Crippen molar-refractivity contribution in [3.63, 3.8) is 0 Å². The van der Waals surface area contributed by atoms with Gasteiger partial charge in [-0.1, -0.05) is 11.6 Å². The van der Waals surface area contributed by atoms with Crippen molar-refractivity contribution in [3.05, 3.63) is 72.4 Å². The summed E-state index contributed by atoms with van der Waals surface area (Å²) in [5.74, 6) is -0.109. The lowest BCUT2D eigenvalue weighted by molar-refractivity contribution is -0.385. The zero-order valence-corrected chi connectivity index (χ0v) is 20.6. The third-order valence-electron chi connectivity index (χ3n) is 6.58. The first-order valence-electron chi connectivity index (χ1n) is 11.7. The lowest BCUT2D eigenvalue weighted by atomic mass is 10.0. The highest BCUT2D eigenvalue weighted by Crippen LogP contribution is 2.36. The number of amides is 1. The van der Waals surface area contributed by atoms with Crippen molar-refractivity contribution in [3.8, 4) is 11.5 Å². The van der Waals surface area contributed by atoms with E-state index in [2.05, 4.69) is 0 Å². The predicted molar refractivity (Wildman–Crippen MR) is 133 cm³/mol. The van der Waals surface area contributed by atoms with Gasteiger partial charge in [0.2, 0.25) is 0 Å². The number of fused-ring (bicyclic) bond motifs is 1. The number of nitro benzene ring substituents is 1. The summed E-state index contributed by atoms with van der Waals surface area (Å²) >= 11 is 0. The molecule has 4 rings (SSSR count). The summed E-state index contributed by atoms with van der Waals surface area (Å²) in [5, 5.41) is 12.2. The second kappa shape index (κ2) is 9.84. The molecule has 11 heteroatoms. The van der Waals surface area contributed by atoms with Gasteiger partial charge in [-0.05, 0) is 38.8 Å². The van der Waals surface area contributed by atoms with Crippen LogP contribution in [0.5, 0.6) is 11.5 Å². The highest BCUT2D eigenvalue weighted by Gasteiger charge is 2.32. The number of carbonyl (C=O) groups excluding carboxylic acids is 1. The molecule has 0 bridgehead atoms. The Labute approximate surface area is 206 Å². The van der Waals surface area contributed by atoms with E-state index < -0.39 is 22.6 Å². The molecular formula is C25H28N4O7. The zero-order chi connectivity index (χ0) is 26.1. The Morgan fingerprint density at radius 2 is 1.83 bits per heavy atom. The van der Waals surface area contributed by atoms with Crippen LogP contribution in [0.1, 0.15) is 41.7 Å². The van der Waals surface area contributed by atoms with E-state index in [9.17, 15) is 24.5 Å². The number of likely N-dealkylation sites (tertiary alicyclic amines) is 1. The monoisotopic (exact) mass is 496 g/mol. The third-order valence-corrected chi connectivity index (χ3v) is 6.58. The van der Waals surface area contributed by atoms with Crippen LogP contribution in [-0.4, -0.2) is 51.7 Å². The maximum atomic E-state index is 13.3. The highest BCUT2D eigenvalue weighted by molar-refractivity contribution is 5.99. The molecule has 1 saturated heterocycles. The number of carbonyl (C=O) groups is 1. The molecule has 2 heterocycles. The quantitative estimate of drug-likeness (QED) is 0.379. The van der Waals surface area contributed by atoms with Gasteiger partial charge in [0.1, 0.15) is 5.56 Å². The number of benzene rings is 2. The Kier molecular flexibility index (Phi) is 6.82. The van der Waals surface area contributed by atoms with Gasteiger partial charge in [0, 0.05) is 32.2 Å². The summed E-state index contributed by atoms with van der Waals surface area (Å²) in [4.78, 5) is 52.2. The molecule has 0 unspecified atom stereocenters. The summed E-state index contributed by atoms with van der Waals surface area (Å²) in [6.45, 7) is 4.37. The van der Waals surface area contributed by atoms with Crippen LogP contribution in [0.2, 0.25) is 0 Å². The topological polar surface area (TPSA) is 126 Å². The molecule has 2 aromatic carbocycles. The molecule has 1 aliphatic heterocycles. The molecule has 1 amide bonds. The van der Waals surface area contributed by atoms with Gasteiger partial charge in [-0.2, -0.15) is 0 Å². The van der Waals surface area contributed by atoms with Gasteiger partial charge < -0.3 is 14.4 Å². The zero-order valence-electron chi connectivity index (χ0n) is 20.6. The van der Waals surface area contributed by atoms with E-state index in [4.69, 9.17) is 9.47 Å². The first kappa shape index (κ1) is 25.0. The number of aryl methyl sites for hydroxylation is 2. The van der Waals surface area contributed by atoms with Gasteiger partial charge in [-0.25, -0.2) is 4.79 Å². The maximum Gasteiger partial charge on any atom is 0.331 e. The molecule has 3 aromatic rings. The first-order chi connectivity index (χ1) is 17.2. The molecule has 1 fully saturated rings. The van der Waals surface area contributed by atoms with Crippen LogP contribution < -0.4 is 20.7 Å². The third kappa shape index (κ3) is 4.32. The van der Waals surface area contributed by atoms with Gasteiger partial charge >= 0.3 is 5.69 Å². The number of hydrogen-bond acceptors (Lipinski definition) is 7. The van der Waals surface area contributed by atoms with Gasteiger partial charge in [-0.15, -0.1) is 0 Å². The summed E-state index contributed by atoms with van der Waals surface area (Å²) in [7, 11) is 3.03. The number of piperidine rings is 1. The molecule has 0 spiro atoms. The Bertz CT molecular complexity index is 1470. The normalized spacial score (nSPS) is 14.2. The van der Waals surface area contributed by atoms with Crippen molar-refractivity contribution < 1.29 is 19.2 Å². The average molecular weight is 497 g/mol. The standard InChI is InChI=1S/C25H28N4O7/c1-5-36-22-14-20(29(33)34)18(13-21(22)35-4)23(30)27-10-8-16(9-11-27)28-24(31)17-12-15(2)6-7-19(17)26(3)25(28)32/h6-7,12-14,16H,5,8-11H2,1-4H3. The summed E-state index contributed by atoms with van der Waals surface area (Å²) in [6, 6.07) is 7.51. The Morgan fingerprint density at radius 1 is 1.14 bits per heavy atom. The summed E-state index contributed by atoms with van der Waals surface area (Å²) < 4.78 is 13.4. The number of nitrogens with zero attached hydrogens (tertiary/aromatic N) is 4. The van der Waals surface area contributed by atoms with Crippen molar-refractivity contribution in [2.45, 2.75) is 32.7 Å². The van der Waals surface area contributed by atoms with E-state index >= 15 is 0 Å². The number of ether oxygens (including phenoxy) is 2. The molecule has 1 aliphatic rings. The van der Waals surface area contributed by atoms with Crippen molar-refractivity contribution in [2.75, 3.05) is 26.8 Å². The second-order valence-corrected chi connectivity index (χ2v) is 8.77. The lowest BCUT2D eigenvalue weighted by Crippen LogP contribution is -2.46. The molecule has 0 N–H and O–H groups in total. The molecule has 11 nitrogen and oxygen atoms in total. The van der Waals surface area contributed by atoms with Crippen LogP contribution in [0, 0.1) is 17.0 Å². The van der Waals surface area contributed by atoms with E-state index in [0.29, 0.717) is 23.7 Å².